The molecular weight excluding hydrogens is 332 g/mol. The lowest BCUT2D eigenvalue weighted by Gasteiger charge is -2.24. The third kappa shape index (κ3) is 3.11. The summed E-state index contributed by atoms with van der Waals surface area (Å²) in [4.78, 5) is 15.0. The van der Waals surface area contributed by atoms with Crippen molar-refractivity contribution in [3.05, 3.63) is 47.9 Å². The number of allylic oxidation sites excluding steroid dienone is 2. The second-order valence-corrected chi connectivity index (χ2v) is 8.10. The van der Waals surface area contributed by atoms with E-state index < -0.39 is 0 Å². The Hall–Kier alpha value is -2.08. The van der Waals surface area contributed by atoms with Gasteiger partial charge in [0.15, 0.2) is 10.9 Å². The molecular formula is C19H24N4OS. The van der Waals surface area contributed by atoms with E-state index >= 15 is 0 Å². The van der Waals surface area contributed by atoms with E-state index in [2.05, 4.69) is 47.1 Å². The number of aromatic nitrogens is 3. The highest BCUT2D eigenvalue weighted by Crippen LogP contribution is 2.46. The number of para-hydroxylation sites is 1. The Labute approximate surface area is 153 Å². The molecule has 2 heterocycles. The summed E-state index contributed by atoms with van der Waals surface area (Å²) < 4.78 is 1.95. The number of likely N-dealkylation sites (N-methyl/N-ethyl adjacent to an activating group) is 1. The van der Waals surface area contributed by atoms with Crippen molar-refractivity contribution in [1.29, 1.82) is 0 Å². The maximum absolute atomic E-state index is 12.8. The molecule has 1 aliphatic rings. The molecule has 0 bridgehead atoms. The molecule has 3 rings (SSSR count). The van der Waals surface area contributed by atoms with Crippen molar-refractivity contribution in [3.8, 4) is 0 Å². The van der Waals surface area contributed by atoms with Gasteiger partial charge < -0.3 is 9.47 Å². The topological polar surface area (TPSA) is 51.0 Å². The second-order valence-electron chi connectivity index (χ2n) is 6.79. The third-order valence-corrected chi connectivity index (χ3v) is 5.94. The lowest BCUT2D eigenvalue weighted by atomic mass is 9.83. The Bertz CT molecular complexity index is 824. The lowest BCUT2D eigenvalue weighted by Crippen LogP contribution is -2.25. The van der Waals surface area contributed by atoms with E-state index in [1.54, 1.807) is 12.4 Å². The standard InChI is InChI=1S/C19H24N4OS/c1-6-23-12-20-21-18(23)25-13(2)16(24)11-17-19(3,4)14-9-7-8-10-15(14)22(17)5/h7-13H,6H2,1-5H3/b17-11+. The molecule has 132 valence electrons. The summed E-state index contributed by atoms with van der Waals surface area (Å²) in [6.07, 6.45) is 3.49. The van der Waals surface area contributed by atoms with Crippen molar-refractivity contribution in [2.75, 3.05) is 11.9 Å². The molecule has 0 fully saturated rings. The van der Waals surface area contributed by atoms with Crippen molar-refractivity contribution in [2.24, 2.45) is 0 Å². The van der Waals surface area contributed by atoms with E-state index in [1.165, 1.54) is 17.3 Å². The summed E-state index contributed by atoms with van der Waals surface area (Å²) in [6, 6.07) is 8.32. The Balaban J connectivity index is 1.84. The first-order valence-electron chi connectivity index (χ1n) is 8.50. The number of hydrogen-bond donors (Lipinski definition) is 0. The first-order chi connectivity index (χ1) is 11.9. The Morgan fingerprint density at radius 2 is 2.08 bits per heavy atom. The van der Waals surface area contributed by atoms with E-state index in [4.69, 9.17) is 0 Å². The first kappa shape index (κ1) is 17.7. The van der Waals surface area contributed by atoms with Gasteiger partial charge in [0.1, 0.15) is 6.33 Å². The molecule has 25 heavy (non-hydrogen) atoms. The number of carbonyl (C=O) groups is 1. The average Bonchev–Trinajstić information content (AvgIpc) is 3.12. The van der Waals surface area contributed by atoms with E-state index in [9.17, 15) is 4.79 Å². The summed E-state index contributed by atoms with van der Waals surface area (Å²) in [6.45, 7) is 9.09. The molecule has 6 heteroatoms. The summed E-state index contributed by atoms with van der Waals surface area (Å²) in [5.74, 6) is 0.0957. The van der Waals surface area contributed by atoms with Crippen LogP contribution in [0.4, 0.5) is 5.69 Å². The van der Waals surface area contributed by atoms with Crippen LogP contribution in [0.15, 0.2) is 47.5 Å². The molecule has 2 aromatic rings. The minimum Gasteiger partial charge on any atom is -0.347 e. The monoisotopic (exact) mass is 356 g/mol. The van der Waals surface area contributed by atoms with Crippen LogP contribution in [0.2, 0.25) is 0 Å². The fourth-order valence-electron chi connectivity index (χ4n) is 3.28. The fourth-order valence-corrected chi connectivity index (χ4v) is 4.19. The van der Waals surface area contributed by atoms with Crippen LogP contribution in [0.3, 0.4) is 0 Å². The maximum atomic E-state index is 12.8. The molecule has 1 aromatic heterocycles. The third-order valence-electron chi connectivity index (χ3n) is 4.82. The predicted molar refractivity (Wildman–Crippen MR) is 102 cm³/mol. The molecule has 1 aromatic carbocycles. The summed E-state index contributed by atoms with van der Waals surface area (Å²) in [5.41, 5.74) is 3.26. The van der Waals surface area contributed by atoms with Gasteiger partial charge in [0.05, 0.1) is 5.25 Å². The van der Waals surface area contributed by atoms with Gasteiger partial charge in [-0.05, 0) is 25.5 Å². The van der Waals surface area contributed by atoms with Gasteiger partial charge in [-0.1, -0.05) is 43.8 Å². The van der Waals surface area contributed by atoms with Crippen molar-refractivity contribution >= 4 is 23.2 Å². The van der Waals surface area contributed by atoms with Crippen molar-refractivity contribution in [3.63, 3.8) is 0 Å². The number of nitrogens with zero attached hydrogens (tertiary/aromatic N) is 4. The van der Waals surface area contributed by atoms with Crippen LogP contribution < -0.4 is 4.90 Å². The smallest absolute Gasteiger partial charge is 0.191 e. The average molecular weight is 356 g/mol. The number of rotatable bonds is 5. The first-order valence-corrected chi connectivity index (χ1v) is 9.38. The molecule has 1 unspecified atom stereocenters. The molecule has 0 spiro atoms. The Morgan fingerprint density at radius 1 is 1.36 bits per heavy atom. The highest BCUT2D eigenvalue weighted by Gasteiger charge is 2.38. The molecule has 0 saturated heterocycles. The quantitative estimate of drug-likeness (QED) is 0.604. The predicted octanol–water partition coefficient (Wildman–Crippen LogP) is 3.66. The zero-order valence-electron chi connectivity index (χ0n) is 15.4. The van der Waals surface area contributed by atoms with E-state index in [1.807, 2.05) is 31.5 Å². The van der Waals surface area contributed by atoms with Crippen molar-refractivity contribution < 1.29 is 4.79 Å². The number of ketones is 1. The molecule has 0 radical (unpaired) electrons. The van der Waals surface area contributed by atoms with E-state index in [0.717, 1.165) is 23.1 Å². The van der Waals surface area contributed by atoms with Crippen molar-refractivity contribution in [1.82, 2.24) is 14.8 Å². The molecule has 0 aliphatic carbocycles. The van der Waals surface area contributed by atoms with Crippen LogP contribution in [-0.4, -0.2) is 32.8 Å². The second kappa shape index (κ2) is 6.67. The number of thioether (sulfide) groups is 1. The van der Waals surface area contributed by atoms with Gasteiger partial charge in [0, 0.05) is 36.5 Å². The summed E-state index contributed by atoms with van der Waals surface area (Å²) in [5, 5.41) is 8.61. The molecule has 0 amide bonds. The minimum absolute atomic E-state index is 0.0957. The minimum atomic E-state index is -0.213. The van der Waals surface area contributed by atoms with E-state index in [0.29, 0.717) is 0 Å². The van der Waals surface area contributed by atoms with Gasteiger partial charge in [0.25, 0.3) is 0 Å². The fraction of sp³-hybridized carbons (Fsp3) is 0.421. The Kier molecular flexibility index (Phi) is 4.73. The van der Waals surface area contributed by atoms with Crippen LogP contribution in [0.1, 0.15) is 33.3 Å². The molecule has 1 aliphatic heterocycles. The van der Waals surface area contributed by atoms with Gasteiger partial charge >= 0.3 is 0 Å². The van der Waals surface area contributed by atoms with Crippen LogP contribution in [0, 0.1) is 0 Å². The SMILES string of the molecule is CCn1cnnc1SC(C)C(=O)/C=C1/N(C)c2ccccc2C1(C)C. The van der Waals surface area contributed by atoms with E-state index in [-0.39, 0.29) is 16.4 Å². The summed E-state index contributed by atoms with van der Waals surface area (Å²) in [7, 11) is 2.03. The van der Waals surface area contributed by atoms with Crippen LogP contribution in [-0.2, 0) is 16.8 Å². The van der Waals surface area contributed by atoms with Gasteiger partial charge in [-0.3, -0.25) is 4.79 Å². The van der Waals surface area contributed by atoms with Crippen LogP contribution >= 0.6 is 11.8 Å². The Morgan fingerprint density at radius 3 is 2.76 bits per heavy atom. The van der Waals surface area contributed by atoms with Crippen LogP contribution in [0.5, 0.6) is 0 Å². The normalized spacial score (nSPS) is 18.4. The van der Waals surface area contributed by atoms with Crippen LogP contribution in [0.25, 0.3) is 0 Å². The maximum Gasteiger partial charge on any atom is 0.191 e. The number of carbonyl (C=O) groups excluding carboxylic acids is 1. The number of aryl methyl sites for hydroxylation is 1. The molecule has 5 nitrogen and oxygen atoms in total. The lowest BCUT2D eigenvalue weighted by molar-refractivity contribution is -0.114. The largest absolute Gasteiger partial charge is 0.347 e. The zero-order valence-corrected chi connectivity index (χ0v) is 16.2. The molecule has 0 N–H and O–H groups in total. The highest BCUT2D eigenvalue weighted by molar-refractivity contribution is 8.00. The molecule has 1 atom stereocenters. The number of anilines is 1. The number of benzene rings is 1. The number of fused-ring (bicyclic) bond motifs is 1. The summed E-state index contributed by atoms with van der Waals surface area (Å²) >= 11 is 1.45. The van der Waals surface area contributed by atoms with Gasteiger partial charge in [-0.2, -0.15) is 0 Å². The van der Waals surface area contributed by atoms with Crippen molar-refractivity contribution in [2.45, 2.75) is 50.1 Å². The van der Waals surface area contributed by atoms with Gasteiger partial charge in [-0.25, -0.2) is 0 Å². The number of hydrogen-bond acceptors (Lipinski definition) is 5. The molecule has 0 saturated carbocycles. The van der Waals surface area contributed by atoms with Gasteiger partial charge in [0.2, 0.25) is 0 Å². The zero-order chi connectivity index (χ0) is 18.2. The van der Waals surface area contributed by atoms with Gasteiger partial charge in [-0.15, -0.1) is 10.2 Å². The highest BCUT2D eigenvalue weighted by atomic mass is 32.2.